The number of carbonyl (C=O) groups excluding carboxylic acids is 2. The molecule has 0 radical (unpaired) electrons. The lowest BCUT2D eigenvalue weighted by atomic mass is 9.98. The number of carbonyl (C=O) groups is 2. The van der Waals surface area contributed by atoms with Crippen LogP contribution in [0.2, 0.25) is 0 Å². The van der Waals surface area contributed by atoms with Gasteiger partial charge in [-0.15, -0.1) is 0 Å². The van der Waals surface area contributed by atoms with Gasteiger partial charge in [0.05, 0.1) is 12.6 Å². The Morgan fingerprint density at radius 2 is 1.79 bits per heavy atom. The molecule has 1 fully saturated rings. The Morgan fingerprint density at radius 3 is 2.44 bits per heavy atom. The van der Waals surface area contributed by atoms with Crippen LogP contribution in [0.3, 0.4) is 0 Å². The zero-order valence-electron chi connectivity index (χ0n) is 24.3. The van der Waals surface area contributed by atoms with Gasteiger partial charge in [0.15, 0.2) is 0 Å². The van der Waals surface area contributed by atoms with E-state index in [1.54, 1.807) is 6.20 Å². The number of rotatable bonds is 13. The van der Waals surface area contributed by atoms with Crippen molar-refractivity contribution in [3.8, 4) is 0 Å². The number of piperazine rings is 1. The second-order valence-corrected chi connectivity index (χ2v) is 12.1. The molecule has 1 aliphatic heterocycles. The highest BCUT2D eigenvalue weighted by atomic mass is 16.3. The first-order chi connectivity index (χ1) is 18.5. The maximum atomic E-state index is 13.4. The molecule has 39 heavy (non-hydrogen) atoms. The van der Waals surface area contributed by atoms with Crippen LogP contribution in [0.5, 0.6) is 0 Å². The van der Waals surface area contributed by atoms with Gasteiger partial charge in [0, 0.05) is 62.6 Å². The second kappa shape index (κ2) is 14.7. The standard InChI is InChI=1S/C31H47N5O3/c1-23(2)29(38)19-33-26(16-24-10-7-6-8-11-24)17-27(37)21-36-15-14-35(20-25-12-9-13-32-18-25)22-28(36)30(39)34-31(3,4)5/h6-13,18,23,26-28,33,37H,14-17,19-22H2,1-5H3,(H,34,39)/t26?,27-,28-/m0/s1. The SMILES string of the molecule is CC(C)C(=O)CNC(Cc1ccccc1)C[C@H](O)CN1CCN(Cc2cccnc2)C[C@H]1C(=O)NC(C)(C)C. The smallest absolute Gasteiger partial charge is 0.239 e. The topological polar surface area (TPSA) is 97.8 Å². The number of nitrogens with one attached hydrogen (secondary N) is 2. The van der Waals surface area contributed by atoms with Crippen molar-refractivity contribution in [1.82, 2.24) is 25.4 Å². The van der Waals surface area contributed by atoms with E-state index in [0.29, 0.717) is 26.1 Å². The molecule has 0 saturated carbocycles. The van der Waals surface area contributed by atoms with Crippen LogP contribution >= 0.6 is 0 Å². The molecule has 1 aromatic carbocycles. The number of aromatic nitrogens is 1. The van der Waals surface area contributed by atoms with Gasteiger partial charge in [0.25, 0.3) is 0 Å². The normalized spacial score (nSPS) is 18.6. The van der Waals surface area contributed by atoms with Crippen LogP contribution in [0.15, 0.2) is 54.9 Å². The summed E-state index contributed by atoms with van der Waals surface area (Å²) in [6.45, 7) is 13.2. The highest BCUT2D eigenvalue weighted by molar-refractivity contribution is 5.83. The molecule has 2 aromatic rings. The van der Waals surface area contributed by atoms with Crippen molar-refractivity contribution in [2.24, 2.45) is 5.92 Å². The van der Waals surface area contributed by atoms with Crippen molar-refractivity contribution in [2.45, 2.75) is 77.7 Å². The van der Waals surface area contributed by atoms with Crippen LogP contribution in [0, 0.1) is 5.92 Å². The van der Waals surface area contributed by atoms with Gasteiger partial charge in [-0.25, -0.2) is 0 Å². The van der Waals surface area contributed by atoms with E-state index < -0.39 is 6.10 Å². The van der Waals surface area contributed by atoms with Gasteiger partial charge < -0.3 is 15.7 Å². The van der Waals surface area contributed by atoms with E-state index in [0.717, 1.165) is 30.6 Å². The van der Waals surface area contributed by atoms with E-state index in [4.69, 9.17) is 0 Å². The van der Waals surface area contributed by atoms with Crippen molar-refractivity contribution in [3.05, 3.63) is 66.0 Å². The number of nitrogens with zero attached hydrogens (tertiary/aromatic N) is 3. The van der Waals surface area contributed by atoms with Crippen molar-refractivity contribution >= 4 is 11.7 Å². The van der Waals surface area contributed by atoms with Crippen LogP contribution in [-0.2, 0) is 22.6 Å². The summed E-state index contributed by atoms with van der Waals surface area (Å²) in [4.78, 5) is 34.3. The highest BCUT2D eigenvalue weighted by Crippen LogP contribution is 2.17. The Hall–Kier alpha value is -2.65. The molecule has 0 spiro atoms. The number of benzene rings is 1. The first-order valence-corrected chi connectivity index (χ1v) is 14.2. The minimum Gasteiger partial charge on any atom is -0.392 e. The molecule has 3 N–H and O–H groups in total. The number of amides is 1. The fourth-order valence-electron chi connectivity index (χ4n) is 4.95. The lowest BCUT2D eigenvalue weighted by molar-refractivity contribution is -0.131. The minimum absolute atomic E-state index is 0.0212. The van der Waals surface area contributed by atoms with Gasteiger partial charge in [-0.1, -0.05) is 50.2 Å². The average Bonchev–Trinajstić information content (AvgIpc) is 2.88. The molecule has 1 unspecified atom stereocenters. The van der Waals surface area contributed by atoms with Crippen LogP contribution in [0.4, 0.5) is 0 Å². The van der Waals surface area contributed by atoms with Gasteiger partial charge >= 0.3 is 0 Å². The summed E-state index contributed by atoms with van der Waals surface area (Å²) in [6.07, 6.45) is 4.20. The predicted octanol–water partition coefficient (Wildman–Crippen LogP) is 2.66. The zero-order chi connectivity index (χ0) is 28.4. The molecule has 8 heteroatoms. The Balaban J connectivity index is 1.67. The van der Waals surface area contributed by atoms with Gasteiger partial charge in [-0.2, -0.15) is 0 Å². The van der Waals surface area contributed by atoms with Crippen molar-refractivity contribution in [2.75, 3.05) is 32.7 Å². The Bertz CT molecular complexity index is 1030. The van der Waals surface area contributed by atoms with E-state index in [1.165, 1.54) is 0 Å². The Kier molecular flexibility index (Phi) is 11.6. The maximum Gasteiger partial charge on any atom is 0.239 e. The molecule has 1 aliphatic rings. The van der Waals surface area contributed by atoms with Crippen LogP contribution in [-0.4, -0.2) is 88.0 Å². The number of ketones is 1. The average molecular weight is 538 g/mol. The number of aliphatic hydroxyl groups is 1. The quantitative estimate of drug-likeness (QED) is 0.361. The highest BCUT2D eigenvalue weighted by Gasteiger charge is 2.35. The van der Waals surface area contributed by atoms with Gasteiger partial charge in [-0.05, 0) is 50.8 Å². The Labute approximate surface area is 234 Å². The molecular weight excluding hydrogens is 490 g/mol. The summed E-state index contributed by atoms with van der Waals surface area (Å²) in [7, 11) is 0. The number of Topliss-reactive ketones (excluding diaryl/α,β-unsaturated/α-hetero) is 1. The second-order valence-electron chi connectivity index (χ2n) is 12.1. The molecule has 1 saturated heterocycles. The number of hydrogen-bond acceptors (Lipinski definition) is 7. The number of β-amino-alcohol motifs (C(OH)–C–C–N with tert-alkyl or cyclic N) is 1. The summed E-state index contributed by atoms with van der Waals surface area (Å²) in [5.41, 5.74) is 1.93. The fourth-order valence-corrected chi connectivity index (χ4v) is 4.95. The molecular formula is C31H47N5O3. The number of pyridine rings is 1. The van der Waals surface area contributed by atoms with Gasteiger partial charge in [0.2, 0.25) is 5.91 Å². The van der Waals surface area contributed by atoms with Gasteiger partial charge in [-0.3, -0.25) is 24.4 Å². The maximum absolute atomic E-state index is 13.4. The number of aliphatic hydroxyl groups excluding tert-OH is 1. The molecule has 214 valence electrons. The lowest BCUT2D eigenvalue weighted by Gasteiger charge is -2.42. The van der Waals surface area contributed by atoms with Crippen LogP contribution < -0.4 is 10.6 Å². The first kappa shape index (κ1) is 30.9. The fraction of sp³-hybridized carbons (Fsp3) is 0.581. The third-order valence-electron chi connectivity index (χ3n) is 7.04. The molecule has 1 amide bonds. The summed E-state index contributed by atoms with van der Waals surface area (Å²) >= 11 is 0. The van der Waals surface area contributed by atoms with Crippen molar-refractivity contribution in [3.63, 3.8) is 0 Å². The minimum atomic E-state index is -0.643. The monoisotopic (exact) mass is 537 g/mol. The van der Waals surface area contributed by atoms with E-state index in [-0.39, 0.29) is 41.8 Å². The van der Waals surface area contributed by atoms with Crippen LogP contribution in [0.1, 0.15) is 52.2 Å². The first-order valence-electron chi connectivity index (χ1n) is 14.2. The predicted molar refractivity (Wildman–Crippen MR) is 155 cm³/mol. The van der Waals surface area contributed by atoms with E-state index in [9.17, 15) is 14.7 Å². The Morgan fingerprint density at radius 1 is 1.08 bits per heavy atom. The summed E-state index contributed by atoms with van der Waals surface area (Å²) in [5.74, 6) is 0.100. The number of hydrogen-bond donors (Lipinski definition) is 3. The molecule has 1 aromatic heterocycles. The molecule has 0 aliphatic carbocycles. The molecule has 3 atom stereocenters. The summed E-state index contributed by atoms with van der Waals surface area (Å²) in [6, 6.07) is 13.7. The van der Waals surface area contributed by atoms with Crippen molar-refractivity contribution in [1.29, 1.82) is 0 Å². The lowest BCUT2D eigenvalue weighted by Crippen LogP contribution is -2.62. The largest absolute Gasteiger partial charge is 0.392 e. The zero-order valence-corrected chi connectivity index (χ0v) is 24.3. The van der Waals surface area contributed by atoms with Crippen molar-refractivity contribution < 1.29 is 14.7 Å². The molecule has 2 heterocycles. The van der Waals surface area contributed by atoms with E-state index in [1.807, 2.05) is 65.1 Å². The third kappa shape index (κ3) is 10.8. The third-order valence-corrected chi connectivity index (χ3v) is 7.04. The molecule has 3 rings (SSSR count). The summed E-state index contributed by atoms with van der Waals surface area (Å²) < 4.78 is 0. The molecule has 0 bridgehead atoms. The summed E-state index contributed by atoms with van der Waals surface area (Å²) in [5, 5.41) is 17.8. The van der Waals surface area contributed by atoms with E-state index >= 15 is 0 Å². The van der Waals surface area contributed by atoms with E-state index in [2.05, 4.69) is 43.6 Å². The molecule has 8 nitrogen and oxygen atoms in total. The van der Waals surface area contributed by atoms with Crippen LogP contribution in [0.25, 0.3) is 0 Å². The van der Waals surface area contributed by atoms with Gasteiger partial charge in [0.1, 0.15) is 11.8 Å².